The van der Waals surface area contributed by atoms with Crippen LogP contribution in [-0.2, 0) is 0 Å². The summed E-state index contributed by atoms with van der Waals surface area (Å²) in [4.78, 5) is 0. The minimum absolute atomic E-state index is 0.637. The number of hydrogen-bond donors (Lipinski definition) is 0. The Morgan fingerprint density at radius 2 is 1.24 bits per heavy atom. The fourth-order valence-corrected chi connectivity index (χ4v) is 1.92. The van der Waals surface area contributed by atoms with Crippen LogP contribution in [0.3, 0.4) is 0 Å². The molecule has 21 heavy (non-hydrogen) atoms. The maximum atomic E-state index is 5.85. The van der Waals surface area contributed by atoms with E-state index >= 15 is 0 Å². The lowest BCUT2D eigenvalue weighted by molar-refractivity contribution is 0.456. The molecule has 0 aromatic heterocycles. The summed E-state index contributed by atoms with van der Waals surface area (Å²) >= 11 is 0. The van der Waals surface area contributed by atoms with Crippen molar-refractivity contribution >= 4 is 0 Å². The molecule has 0 atom stereocenters. The van der Waals surface area contributed by atoms with Crippen molar-refractivity contribution in [2.75, 3.05) is 0 Å². The first-order valence-corrected chi connectivity index (χ1v) is 6.80. The van der Waals surface area contributed by atoms with Gasteiger partial charge in [-0.2, -0.15) is 0 Å². The second-order valence-electron chi connectivity index (χ2n) is 4.66. The summed E-state index contributed by atoms with van der Waals surface area (Å²) in [6.45, 7) is 1.99. The summed E-state index contributed by atoms with van der Waals surface area (Å²) in [6, 6.07) is 26.3. The molecule has 103 valence electrons. The fourth-order valence-electron chi connectivity index (χ4n) is 1.92. The molecule has 0 aliphatic rings. The lowest BCUT2D eigenvalue weighted by Gasteiger charge is -2.11. The van der Waals surface area contributed by atoms with Gasteiger partial charge in [0.1, 0.15) is 23.0 Å². The lowest BCUT2D eigenvalue weighted by Crippen LogP contribution is -1.90. The van der Waals surface area contributed by atoms with Gasteiger partial charge in [0, 0.05) is 0 Å². The third-order valence-corrected chi connectivity index (χ3v) is 3.01. The highest BCUT2D eigenvalue weighted by molar-refractivity contribution is 5.42. The smallest absolute Gasteiger partial charge is 0.142 e. The van der Waals surface area contributed by atoms with Crippen molar-refractivity contribution in [3.63, 3.8) is 0 Å². The third kappa shape index (κ3) is 3.42. The first-order valence-electron chi connectivity index (χ1n) is 6.80. The second kappa shape index (κ2) is 6.14. The van der Waals surface area contributed by atoms with Gasteiger partial charge in [-0.1, -0.05) is 42.5 Å². The van der Waals surface area contributed by atoms with Crippen LogP contribution in [0.1, 0.15) is 5.56 Å². The Kier molecular flexibility index (Phi) is 3.88. The van der Waals surface area contributed by atoms with Gasteiger partial charge in [0.15, 0.2) is 0 Å². The highest BCUT2D eigenvalue weighted by atomic mass is 16.5. The molecule has 0 unspecified atom stereocenters. The van der Waals surface area contributed by atoms with Crippen molar-refractivity contribution in [3.05, 3.63) is 84.4 Å². The molecule has 2 heteroatoms. The minimum Gasteiger partial charge on any atom is -0.457 e. The first-order chi connectivity index (χ1) is 10.3. The fraction of sp³-hybridized carbons (Fsp3) is 0.0526. The summed E-state index contributed by atoms with van der Waals surface area (Å²) in [5.41, 5.74) is 1.01. The van der Waals surface area contributed by atoms with Crippen molar-refractivity contribution in [2.24, 2.45) is 0 Å². The van der Waals surface area contributed by atoms with Gasteiger partial charge in [-0.3, -0.25) is 0 Å². The van der Waals surface area contributed by atoms with Crippen LogP contribution in [0.25, 0.3) is 0 Å². The largest absolute Gasteiger partial charge is 0.457 e. The van der Waals surface area contributed by atoms with Gasteiger partial charge in [-0.15, -0.1) is 0 Å². The van der Waals surface area contributed by atoms with Crippen molar-refractivity contribution in [2.45, 2.75) is 6.92 Å². The van der Waals surface area contributed by atoms with Crippen LogP contribution in [0, 0.1) is 13.0 Å². The second-order valence-corrected chi connectivity index (χ2v) is 4.66. The zero-order chi connectivity index (χ0) is 14.5. The Bertz CT molecular complexity index is 706. The zero-order valence-electron chi connectivity index (χ0n) is 11.7. The standard InChI is InChI=1S/C19H15O2/c1-15-12-13-18(20-16-8-4-2-5-9-16)14-19(15)21-17-10-6-3-7-11-17/h2-13H,1H3. The molecule has 0 heterocycles. The monoisotopic (exact) mass is 275 g/mol. The number of hydrogen-bond acceptors (Lipinski definition) is 2. The predicted molar refractivity (Wildman–Crippen MR) is 83.0 cm³/mol. The van der Waals surface area contributed by atoms with E-state index in [1.54, 1.807) is 0 Å². The number of aryl methyl sites for hydroxylation is 1. The molecule has 3 aromatic carbocycles. The molecule has 2 nitrogen and oxygen atoms in total. The van der Waals surface area contributed by atoms with E-state index in [0.717, 1.165) is 17.1 Å². The van der Waals surface area contributed by atoms with Crippen molar-refractivity contribution < 1.29 is 9.47 Å². The molecular formula is C19H15O2. The van der Waals surface area contributed by atoms with Gasteiger partial charge in [0.2, 0.25) is 0 Å². The Labute approximate surface area is 124 Å². The summed E-state index contributed by atoms with van der Waals surface area (Å²) in [7, 11) is 0. The topological polar surface area (TPSA) is 18.5 Å². The quantitative estimate of drug-likeness (QED) is 0.636. The van der Waals surface area contributed by atoms with E-state index in [0.29, 0.717) is 11.5 Å². The van der Waals surface area contributed by atoms with Crippen LogP contribution < -0.4 is 9.47 Å². The Morgan fingerprint density at radius 3 is 1.86 bits per heavy atom. The molecule has 0 N–H and O–H groups in total. The van der Waals surface area contributed by atoms with E-state index < -0.39 is 0 Å². The Hall–Kier alpha value is -2.74. The van der Waals surface area contributed by atoms with E-state index in [1.807, 2.05) is 79.7 Å². The molecule has 0 bridgehead atoms. The van der Waals surface area contributed by atoms with Gasteiger partial charge in [0.25, 0.3) is 0 Å². The summed E-state index contributed by atoms with van der Waals surface area (Å²) in [6.07, 6.45) is 0. The van der Waals surface area contributed by atoms with E-state index in [-0.39, 0.29) is 0 Å². The average Bonchev–Trinajstić information content (AvgIpc) is 2.53. The Balaban J connectivity index is 1.83. The van der Waals surface area contributed by atoms with Crippen molar-refractivity contribution in [3.8, 4) is 23.0 Å². The summed E-state index contributed by atoms with van der Waals surface area (Å²) in [5.74, 6) is 2.88. The van der Waals surface area contributed by atoms with Crippen LogP contribution >= 0.6 is 0 Å². The predicted octanol–water partition coefficient (Wildman–Crippen LogP) is 5.38. The highest BCUT2D eigenvalue weighted by Gasteiger charge is 2.05. The van der Waals surface area contributed by atoms with Crippen LogP contribution in [0.2, 0.25) is 0 Å². The zero-order valence-corrected chi connectivity index (χ0v) is 11.7. The third-order valence-electron chi connectivity index (χ3n) is 3.01. The number of benzene rings is 3. The SMILES string of the molecule is Cc1ccc(Oc2ccccc2)[c]c1Oc1ccccc1. The van der Waals surface area contributed by atoms with E-state index in [2.05, 4.69) is 6.07 Å². The summed E-state index contributed by atoms with van der Waals surface area (Å²) < 4.78 is 11.6. The lowest BCUT2D eigenvalue weighted by atomic mass is 10.2. The van der Waals surface area contributed by atoms with E-state index in [4.69, 9.17) is 9.47 Å². The average molecular weight is 275 g/mol. The maximum Gasteiger partial charge on any atom is 0.142 e. The van der Waals surface area contributed by atoms with E-state index in [9.17, 15) is 0 Å². The Morgan fingerprint density at radius 1 is 0.667 bits per heavy atom. The van der Waals surface area contributed by atoms with Crippen LogP contribution in [0.4, 0.5) is 0 Å². The number of para-hydroxylation sites is 2. The van der Waals surface area contributed by atoms with Gasteiger partial charge in [0.05, 0.1) is 6.07 Å². The molecule has 0 saturated heterocycles. The molecule has 0 aliphatic carbocycles. The van der Waals surface area contributed by atoms with Gasteiger partial charge < -0.3 is 9.47 Å². The van der Waals surface area contributed by atoms with Crippen LogP contribution in [0.15, 0.2) is 72.8 Å². The maximum absolute atomic E-state index is 5.85. The molecule has 3 rings (SSSR count). The number of rotatable bonds is 4. The normalized spacial score (nSPS) is 10.1. The van der Waals surface area contributed by atoms with Gasteiger partial charge >= 0.3 is 0 Å². The van der Waals surface area contributed by atoms with Crippen LogP contribution in [0.5, 0.6) is 23.0 Å². The molecule has 0 fully saturated rings. The molecule has 0 amide bonds. The highest BCUT2D eigenvalue weighted by Crippen LogP contribution is 2.30. The van der Waals surface area contributed by atoms with Crippen molar-refractivity contribution in [1.29, 1.82) is 0 Å². The summed E-state index contributed by atoms with van der Waals surface area (Å²) in [5, 5.41) is 0. The minimum atomic E-state index is 0.637. The molecule has 0 aliphatic heterocycles. The van der Waals surface area contributed by atoms with Gasteiger partial charge in [-0.25, -0.2) is 0 Å². The van der Waals surface area contributed by atoms with Crippen LogP contribution in [-0.4, -0.2) is 0 Å². The molecule has 3 aromatic rings. The molecular weight excluding hydrogens is 260 g/mol. The van der Waals surface area contributed by atoms with E-state index in [1.165, 1.54) is 0 Å². The molecule has 0 saturated carbocycles. The van der Waals surface area contributed by atoms with Crippen molar-refractivity contribution in [1.82, 2.24) is 0 Å². The first kappa shape index (κ1) is 13.3. The molecule has 1 radical (unpaired) electrons. The number of ether oxygens (including phenoxy) is 2. The van der Waals surface area contributed by atoms with Gasteiger partial charge in [-0.05, 0) is 42.8 Å². The molecule has 0 spiro atoms.